The van der Waals surface area contributed by atoms with Gasteiger partial charge in [0, 0.05) is 38.4 Å². The molecule has 0 bridgehead atoms. The van der Waals surface area contributed by atoms with Crippen molar-refractivity contribution in [2.45, 2.75) is 31.9 Å². The van der Waals surface area contributed by atoms with E-state index >= 15 is 0 Å². The van der Waals surface area contributed by atoms with E-state index in [2.05, 4.69) is 20.2 Å². The molecule has 2 saturated heterocycles. The SMILES string of the molecule is O=C(Cn1ccnn1)N1CCC(Oc2cccnc2N2CCCC2)C1. The number of carbonyl (C=O) groups excluding carboxylic acids is 1. The van der Waals surface area contributed by atoms with E-state index in [1.807, 2.05) is 23.2 Å². The van der Waals surface area contributed by atoms with Crippen molar-refractivity contribution >= 4 is 11.7 Å². The number of aromatic nitrogens is 4. The lowest BCUT2D eigenvalue weighted by atomic mass is 10.3. The van der Waals surface area contributed by atoms with Crippen molar-refractivity contribution in [3.05, 3.63) is 30.7 Å². The average Bonchev–Trinajstić information content (AvgIpc) is 3.38. The molecule has 4 heterocycles. The maximum Gasteiger partial charge on any atom is 0.244 e. The summed E-state index contributed by atoms with van der Waals surface area (Å²) < 4.78 is 7.75. The minimum atomic E-state index is 0.00486. The van der Waals surface area contributed by atoms with Gasteiger partial charge in [-0.15, -0.1) is 5.10 Å². The van der Waals surface area contributed by atoms with E-state index in [1.165, 1.54) is 12.8 Å². The highest BCUT2D eigenvalue weighted by atomic mass is 16.5. The molecule has 0 radical (unpaired) electrons. The highest BCUT2D eigenvalue weighted by Gasteiger charge is 2.29. The maximum atomic E-state index is 12.3. The summed E-state index contributed by atoms with van der Waals surface area (Å²) in [5.74, 6) is 1.79. The predicted octanol–water partition coefficient (Wildman–Crippen LogP) is 0.953. The number of hydrogen-bond acceptors (Lipinski definition) is 6. The second-order valence-electron chi connectivity index (χ2n) is 6.49. The van der Waals surface area contributed by atoms with E-state index in [-0.39, 0.29) is 18.6 Å². The van der Waals surface area contributed by atoms with Crippen LogP contribution < -0.4 is 9.64 Å². The number of likely N-dealkylation sites (tertiary alicyclic amines) is 1. The van der Waals surface area contributed by atoms with Gasteiger partial charge in [-0.1, -0.05) is 5.21 Å². The number of nitrogens with zero attached hydrogens (tertiary/aromatic N) is 6. The fourth-order valence-corrected chi connectivity index (χ4v) is 3.43. The molecule has 4 rings (SSSR count). The fraction of sp³-hybridized carbons (Fsp3) is 0.529. The normalized spacial score (nSPS) is 20.2. The van der Waals surface area contributed by atoms with Crippen LogP contribution in [0.25, 0.3) is 0 Å². The summed E-state index contributed by atoms with van der Waals surface area (Å²) in [7, 11) is 0. The lowest BCUT2D eigenvalue weighted by Crippen LogP contribution is -2.33. The van der Waals surface area contributed by atoms with Crippen LogP contribution in [-0.2, 0) is 11.3 Å². The van der Waals surface area contributed by atoms with Crippen molar-refractivity contribution in [2.24, 2.45) is 0 Å². The summed E-state index contributed by atoms with van der Waals surface area (Å²) in [5.41, 5.74) is 0. The topological polar surface area (TPSA) is 76.4 Å². The van der Waals surface area contributed by atoms with Crippen LogP contribution in [0.4, 0.5) is 5.82 Å². The monoisotopic (exact) mass is 342 g/mol. The van der Waals surface area contributed by atoms with E-state index < -0.39 is 0 Å². The minimum absolute atomic E-state index is 0.00486. The zero-order valence-corrected chi connectivity index (χ0v) is 14.1. The number of carbonyl (C=O) groups is 1. The number of pyridine rings is 1. The third-order valence-electron chi connectivity index (χ3n) is 4.72. The minimum Gasteiger partial charge on any atom is -0.485 e. The van der Waals surface area contributed by atoms with Gasteiger partial charge in [0.25, 0.3) is 0 Å². The lowest BCUT2D eigenvalue weighted by molar-refractivity contribution is -0.131. The van der Waals surface area contributed by atoms with E-state index in [4.69, 9.17) is 4.74 Å². The fourth-order valence-electron chi connectivity index (χ4n) is 3.43. The Balaban J connectivity index is 1.37. The smallest absolute Gasteiger partial charge is 0.244 e. The molecule has 2 aliphatic heterocycles. The van der Waals surface area contributed by atoms with Crippen molar-refractivity contribution in [3.63, 3.8) is 0 Å². The molecular weight excluding hydrogens is 320 g/mol. The second kappa shape index (κ2) is 7.08. The lowest BCUT2D eigenvalue weighted by Gasteiger charge is -2.22. The molecule has 0 aromatic carbocycles. The molecule has 0 N–H and O–H groups in total. The van der Waals surface area contributed by atoms with Gasteiger partial charge in [-0.25, -0.2) is 9.67 Å². The van der Waals surface area contributed by atoms with Crippen LogP contribution in [0.5, 0.6) is 5.75 Å². The summed E-state index contributed by atoms with van der Waals surface area (Å²) in [4.78, 5) is 21.0. The Morgan fingerprint density at radius 2 is 2.12 bits per heavy atom. The molecule has 2 fully saturated rings. The van der Waals surface area contributed by atoms with E-state index in [9.17, 15) is 4.79 Å². The zero-order valence-electron chi connectivity index (χ0n) is 14.1. The van der Waals surface area contributed by atoms with Crippen LogP contribution in [0.1, 0.15) is 19.3 Å². The summed E-state index contributed by atoms with van der Waals surface area (Å²) >= 11 is 0. The van der Waals surface area contributed by atoms with Crippen LogP contribution in [0.15, 0.2) is 30.7 Å². The molecule has 132 valence electrons. The zero-order chi connectivity index (χ0) is 17.1. The van der Waals surface area contributed by atoms with Gasteiger partial charge in [0.1, 0.15) is 12.6 Å². The van der Waals surface area contributed by atoms with Gasteiger partial charge >= 0.3 is 0 Å². The number of ether oxygens (including phenoxy) is 1. The Kier molecular flexibility index (Phi) is 4.49. The van der Waals surface area contributed by atoms with Gasteiger partial charge in [-0.2, -0.15) is 0 Å². The molecule has 8 nitrogen and oxygen atoms in total. The quantitative estimate of drug-likeness (QED) is 0.805. The van der Waals surface area contributed by atoms with Crippen molar-refractivity contribution in [3.8, 4) is 5.75 Å². The van der Waals surface area contributed by atoms with Gasteiger partial charge in [0.15, 0.2) is 11.6 Å². The molecule has 1 unspecified atom stereocenters. The molecule has 2 aromatic rings. The van der Waals surface area contributed by atoms with Crippen LogP contribution in [0.3, 0.4) is 0 Å². The van der Waals surface area contributed by atoms with E-state index in [1.54, 1.807) is 17.1 Å². The first-order chi connectivity index (χ1) is 12.3. The Bertz CT molecular complexity index is 714. The van der Waals surface area contributed by atoms with Crippen molar-refractivity contribution in [1.29, 1.82) is 0 Å². The average molecular weight is 342 g/mol. The molecule has 0 aliphatic carbocycles. The molecule has 8 heteroatoms. The second-order valence-corrected chi connectivity index (χ2v) is 6.49. The Morgan fingerprint density at radius 3 is 2.92 bits per heavy atom. The van der Waals surface area contributed by atoms with Gasteiger partial charge in [-0.3, -0.25) is 4.79 Å². The Morgan fingerprint density at radius 1 is 1.24 bits per heavy atom. The van der Waals surface area contributed by atoms with Crippen molar-refractivity contribution in [1.82, 2.24) is 24.9 Å². The van der Waals surface area contributed by atoms with Gasteiger partial charge < -0.3 is 14.5 Å². The number of anilines is 1. The van der Waals surface area contributed by atoms with Crippen LogP contribution in [0, 0.1) is 0 Å². The summed E-state index contributed by atoms with van der Waals surface area (Å²) in [6.07, 6.45) is 8.31. The molecule has 0 spiro atoms. The van der Waals surface area contributed by atoms with Crippen molar-refractivity contribution in [2.75, 3.05) is 31.1 Å². The highest BCUT2D eigenvalue weighted by Crippen LogP contribution is 2.30. The molecule has 2 aliphatic rings. The molecule has 25 heavy (non-hydrogen) atoms. The number of rotatable bonds is 5. The van der Waals surface area contributed by atoms with Gasteiger partial charge in [-0.05, 0) is 25.0 Å². The van der Waals surface area contributed by atoms with Crippen LogP contribution in [0.2, 0.25) is 0 Å². The Labute approximate surface area is 146 Å². The van der Waals surface area contributed by atoms with E-state index in [0.717, 1.165) is 31.1 Å². The first kappa shape index (κ1) is 15.9. The molecule has 1 atom stereocenters. The third-order valence-corrected chi connectivity index (χ3v) is 4.72. The summed E-state index contributed by atoms with van der Waals surface area (Å²) in [6, 6.07) is 3.87. The largest absolute Gasteiger partial charge is 0.485 e. The van der Waals surface area contributed by atoms with Crippen LogP contribution in [-0.4, -0.2) is 63.1 Å². The molecule has 0 saturated carbocycles. The number of hydrogen-bond donors (Lipinski definition) is 0. The maximum absolute atomic E-state index is 12.3. The molecule has 2 aromatic heterocycles. The molecule has 1 amide bonds. The Hall–Kier alpha value is -2.64. The van der Waals surface area contributed by atoms with Gasteiger partial charge in [0.05, 0.1) is 12.7 Å². The first-order valence-corrected chi connectivity index (χ1v) is 8.78. The highest BCUT2D eigenvalue weighted by molar-refractivity contribution is 5.76. The third kappa shape index (κ3) is 3.57. The van der Waals surface area contributed by atoms with Gasteiger partial charge in [0.2, 0.25) is 5.91 Å². The summed E-state index contributed by atoms with van der Waals surface area (Å²) in [5, 5.41) is 7.57. The first-order valence-electron chi connectivity index (χ1n) is 8.78. The predicted molar refractivity (Wildman–Crippen MR) is 91.3 cm³/mol. The summed E-state index contributed by atoms with van der Waals surface area (Å²) in [6.45, 7) is 3.58. The van der Waals surface area contributed by atoms with E-state index in [0.29, 0.717) is 13.1 Å². The number of amides is 1. The standard InChI is InChI=1S/C17H22N6O2/c24-16(13-23-11-7-19-20-23)22-10-5-14(12-22)25-15-4-3-6-18-17(15)21-8-1-2-9-21/h3-4,6-7,11,14H,1-2,5,8-10,12-13H2. The van der Waals surface area contributed by atoms with Crippen LogP contribution >= 0.6 is 0 Å². The van der Waals surface area contributed by atoms with Crippen molar-refractivity contribution < 1.29 is 9.53 Å². The molecular formula is C17H22N6O2.